The van der Waals surface area contributed by atoms with Crippen LogP contribution in [0.2, 0.25) is 0 Å². The highest BCUT2D eigenvalue weighted by Crippen LogP contribution is 2.67. The Bertz CT molecular complexity index is 3490. The van der Waals surface area contributed by atoms with Crippen LogP contribution in [-0.4, -0.2) is 142 Å². The fraction of sp³-hybridized carbons (Fsp3) is 0.761. The maximum atomic E-state index is 13.0. The monoisotopic (exact) mass is 1500 g/mol. The highest BCUT2D eigenvalue weighted by Gasteiger charge is 2.62. The number of aliphatic hydroxyl groups is 8. The lowest BCUT2D eigenvalue weighted by Gasteiger charge is -2.58. The lowest BCUT2D eigenvalue weighted by molar-refractivity contribution is -0.174. The van der Waals surface area contributed by atoms with E-state index in [1.807, 2.05) is 6.92 Å². The van der Waals surface area contributed by atoms with Crippen LogP contribution in [0.4, 0.5) is 0 Å². The molecule has 0 aliphatic heterocycles. The summed E-state index contributed by atoms with van der Waals surface area (Å²) in [7, 11) is 0. The summed E-state index contributed by atoms with van der Waals surface area (Å²) >= 11 is 0. The van der Waals surface area contributed by atoms with Crippen molar-refractivity contribution in [2.45, 2.75) is 307 Å². The molecule has 606 valence electrons. The average Bonchev–Trinajstić information content (AvgIpc) is 0.743. The van der Waals surface area contributed by atoms with E-state index in [0.29, 0.717) is 35.5 Å². The van der Waals surface area contributed by atoms with Crippen molar-refractivity contribution in [3.8, 4) is 0 Å². The molecule has 18 unspecified atom stereocenters. The van der Waals surface area contributed by atoms with E-state index in [9.17, 15) is 39.6 Å². The van der Waals surface area contributed by atoms with Gasteiger partial charge in [-0.15, -0.1) is 0 Å². The second-order valence-electron chi connectivity index (χ2n) is 38.2. The number of rotatable bonds is 19. The second kappa shape index (κ2) is 35.7. The topological polar surface area (TPSA) is 267 Å². The SMILES string of the molecule is CC(C)=C1C=C2CCC3C(C)(C(=O)OCC(O)CO)CCCC3(C)C2CC1.CC(C)C1=CC2=C(CC1)C1(C)CCCC(C)(C(=O)OCC(O)CO)C1CC2.CC(C)C1=CC2=CCC3C(C)(C(=O)OCC(O)CO)CCCC3(C)C2CC1.CC(C)c1ccc2c(c1)CCC1C(C)(C(=O)OCC(O)CO)CCCC21C. The van der Waals surface area contributed by atoms with Crippen LogP contribution in [0.15, 0.2) is 87.1 Å². The molecule has 5 fully saturated rings. The number of benzene rings is 1. The number of fused-ring (bicyclic) bond motifs is 11. The summed E-state index contributed by atoms with van der Waals surface area (Å²) in [6, 6.07) is 6.91. The molecule has 0 heterocycles. The van der Waals surface area contributed by atoms with E-state index < -0.39 is 52.7 Å². The highest BCUT2D eigenvalue weighted by molar-refractivity contribution is 5.79. The molecule has 16 heteroatoms. The van der Waals surface area contributed by atoms with Crippen LogP contribution in [0.1, 0.15) is 287 Å². The van der Waals surface area contributed by atoms with Crippen LogP contribution >= 0.6 is 0 Å². The third-order valence-electron chi connectivity index (χ3n) is 30.1. The van der Waals surface area contributed by atoms with Crippen LogP contribution in [0.5, 0.6) is 0 Å². The Hall–Kier alpha value is -4.78. The maximum Gasteiger partial charge on any atom is 0.312 e. The molecule has 0 bridgehead atoms. The largest absolute Gasteiger partial charge is 0.462 e. The molecule has 11 aliphatic carbocycles. The van der Waals surface area contributed by atoms with Crippen molar-refractivity contribution in [2.24, 2.45) is 85.2 Å². The molecule has 1 aromatic rings. The van der Waals surface area contributed by atoms with E-state index in [1.54, 1.807) is 22.3 Å². The van der Waals surface area contributed by atoms with Crippen LogP contribution in [0.3, 0.4) is 0 Å². The molecule has 0 radical (unpaired) electrons. The number of aliphatic hydroxyl groups excluding tert-OH is 8. The van der Waals surface area contributed by atoms with Gasteiger partial charge in [-0.25, -0.2) is 0 Å². The standard InChI is InChI=1S/3C23H36O4.C23H34O4/c4*1-15(2)16-6-8-19-17(12-16)7-9-20-22(19,3)10-5-11-23(20,4)21(26)27-14-18(25)13-24/h12,18-20,24-25H,5-11,13-14H2,1-4H3;12,15,18,20,24-25H,5-11,13-14H2,1-4H3;7,12,15,18-20,24-25H,5-6,8-11,13-14H2,1-4H3;6,8,12,15,18,20,24-25H,5,7,9-11,13-14H2,1-4H3. The summed E-state index contributed by atoms with van der Waals surface area (Å²) < 4.78 is 21.7. The number of esters is 4. The Labute approximate surface area is 648 Å². The number of ether oxygens (including phenoxy) is 4. The van der Waals surface area contributed by atoms with Crippen molar-refractivity contribution < 1.29 is 79.0 Å². The third-order valence-corrected chi connectivity index (χ3v) is 30.1. The van der Waals surface area contributed by atoms with E-state index in [-0.39, 0.29) is 110 Å². The first-order valence-electron chi connectivity index (χ1n) is 42.1. The minimum Gasteiger partial charge on any atom is -0.462 e. The van der Waals surface area contributed by atoms with Crippen molar-refractivity contribution in [1.82, 2.24) is 0 Å². The van der Waals surface area contributed by atoms with Gasteiger partial charge < -0.3 is 59.8 Å². The van der Waals surface area contributed by atoms with Crippen molar-refractivity contribution in [2.75, 3.05) is 52.9 Å². The smallest absolute Gasteiger partial charge is 0.312 e. The number of carbonyl (C=O) groups is 4. The van der Waals surface area contributed by atoms with Crippen molar-refractivity contribution in [3.05, 3.63) is 104 Å². The van der Waals surface area contributed by atoms with Crippen LogP contribution in [-0.2, 0) is 50.0 Å². The summed E-state index contributed by atoms with van der Waals surface area (Å²) in [5, 5.41) is 74.2. The van der Waals surface area contributed by atoms with Gasteiger partial charge in [0.25, 0.3) is 0 Å². The minimum absolute atomic E-state index is 0.0231. The van der Waals surface area contributed by atoms with E-state index in [1.165, 1.54) is 58.2 Å². The summed E-state index contributed by atoms with van der Waals surface area (Å²) in [5.41, 5.74) is 14.7. The van der Waals surface area contributed by atoms with Gasteiger partial charge in [0.2, 0.25) is 0 Å². The first-order chi connectivity index (χ1) is 50.9. The van der Waals surface area contributed by atoms with E-state index in [4.69, 9.17) is 39.4 Å². The predicted molar refractivity (Wildman–Crippen MR) is 424 cm³/mol. The van der Waals surface area contributed by atoms with Crippen molar-refractivity contribution >= 4 is 23.9 Å². The number of hydrogen-bond acceptors (Lipinski definition) is 16. The van der Waals surface area contributed by atoms with Crippen LogP contribution < -0.4 is 0 Å². The Morgan fingerprint density at radius 2 is 0.880 bits per heavy atom. The molecule has 0 aromatic heterocycles. The zero-order valence-corrected chi connectivity index (χ0v) is 69.2. The highest BCUT2D eigenvalue weighted by atomic mass is 16.6. The number of aryl methyl sites for hydroxylation is 1. The molecule has 108 heavy (non-hydrogen) atoms. The first kappa shape index (κ1) is 87.2. The molecule has 16 nitrogen and oxygen atoms in total. The predicted octanol–water partition coefficient (Wildman–Crippen LogP) is 16.1. The van der Waals surface area contributed by atoms with Crippen molar-refractivity contribution in [1.29, 1.82) is 0 Å². The second-order valence-corrected chi connectivity index (χ2v) is 38.2. The Kier molecular flexibility index (Phi) is 28.8. The van der Waals surface area contributed by atoms with Gasteiger partial charge in [0.05, 0.1) is 48.1 Å². The fourth-order valence-electron chi connectivity index (χ4n) is 23.6. The average molecular weight is 1500 g/mol. The first-order valence-corrected chi connectivity index (χ1v) is 42.1. The summed E-state index contributed by atoms with van der Waals surface area (Å²) in [5.74, 6) is 3.06. The molecule has 0 saturated heterocycles. The van der Waals surface area contributed by atoms with E-state index >= 15 is 0 Å². The normalized spacial score (nSPS) is 34.9. The summed E-state index contributed by atoms with van der Waals surface area (Å²) in [6.07, 6.45) is 31.7. The summed E-state index contributed by atoms with van der Waals surface area (Å²) in [4.78, 5) is 52.0. The zero-order chi connectivity index (χ0) is 79.3. The quantitative estimate of drug-likeness (QED) is 0.0473. The lowest BCUT2D eigenvalue weighted by atomic mass is 9.46. The Balaban J connectivity index is 0.000000166. The van der Waals surface area contributed by atoms with Gasteiger partial charge in [-0.2, -0.15) is 0 Å². The van der Waals surface area contributed by atoms with Gasteiger partial charge in [-0.05, 0) is 285 Å². The van der Waals surface area contributed by atoms with Crippen LogP contribution in [0, 0.1) is 85.2 Å². The van der Waals surface area contributed by atoms with Gasteiger partial charge in [0.1, 0.15) is 50.8 Å². The van der Waals surface area contributed by atoms with E-state index in [2.05, 4.69) is 146 Å². The number of hydrogen-bond donors (Lipinski definition) is 8. The van der Waals surface area contributed by atoms with Gasteiger partial charge in [0, 0.05) is 0 Å². The third kappa shape index (κ3) is 17.8. The molecular formula is C92H142O16. The fourth-order valence-corrected chi connectivity index (χ4v) is 23.6. The molecule has 0 amide bonds. The number of carbonyl (C=O) groups excluding carboxylic acids is 4. The molecule has 12 rings (SSSR count). The lowest BCUT2D eigenvalue weighted by Crippen LogP contribution is -2.54. The minimum atomic E-state index is -1.01. The molecule has 1 aromatic carbocycles. The molecule has 18 atom stereocenters. The zero-order valence-electron chi connectivity index (χ0n) is 69.2. The maximum absolute atomic E-state index is 13.0. The van der Waals surface area contributed by atoms with E-state index in [0.717, 1.165) is 141 Å². The Morgan fingerprint density at radius 3 is 1.37 bits per heavy atom. The molecule has 8 N–H and O–H groups in total. The molecule has 11 aliphatic rings. The van der Waals surface area contributed by atoms with Gasteiger partial charge >= 0.3 is 23.9 Å². The molecule has 0 spiro atoms. The molecular weight excluding hydrogens is 1360 g/mol. The van der Waals surface area contributed by atoms with Crippen molar-refractivity contribution in [3.63, 3.8) is 0 Å². The molecule has 5 saturated carbocycles. The number of allylic oxidation sites excluding steroid dienone is 12. The van der Waals surface area contributed by atoms with Crippen LogP contribution in [0.25, 0.3) is 0 Å². The van der Waals surface area contributed by atoms with Gasteiger partial charge in [-0.3, -0.25) is 19.2 Å². The Morgan fingerprint density at radius 1 is 0.444 bits per heavy atom. The van der Waals surface area contributed by atoms with Gasteiger partial charge in [0.15, 0.2) is 0 Å². The summed E-state index contributed by atoms with van der Waals surface area (Å²) in [6.45, 7) is 33.6. The van der Waals surface area contributed by atoms with Gasteiger partial charge in [-0.1, -0.05) is 165 Å².